The number of rotatable bonds is 4. The standard InChI is InChI=1S/C15H23ClN2/c1-3-13(2)18-10-8-17(9-11-18)12-14-6-4-5-7-15(14)16/h4-7,13H,3,8-12H2,1-2H3. The van der Waals surface area contributed by atoms with Gasteiger partial charge in [-0.2, -0.15) is 0 Å². The Hall–Kier alpha value is -0.570. The van der Waals surface area contributed by atoms with Gasteiger partial charge in [-0.1, -0.05) is 36.7 Å². The van der Waals surface area contributed by atoms with Crippen molar-refractivity contribution in [1.82, 2.24) is 9.80 Å². The van der Waals surface area contributed by atoms with E-state index in [-0.39, 0.29) is 0 Å². The normalized spacial score (nSPS) is 19.9. The number of nitrogens with zero attached hydrogens (tertiary/aromatic N) is 2. The number of benzene rings is 1. The lowest BCUT2D eigenvalue weighted by Crippen LogP contribution is -2.49. The Kier molecular flexibility index (Phi) is 5.04. The van der Waals surface area contributed by atoms with Crippen LogP contribution in [0.5, 0.6) is 0 Å². The molecule has 1 fully saturated rings. The minimum atomic E-state index is 0.715. The van der Waals surface area contributed by atoms with Crippen molar-refractivity contribution in [3.63, 3.8) is 0 Å². The largest absolute Gasteiger partial charge is 0.298 e. The van der Waals surface area contributed by atoms with Gasteiger partial charge in [0.25, 0.3) is 0 Å². The predicted octanol–water partition coefficient (Wildman–Crippen LogP) is 3.26. The van der Waals surface area contributed by atoms with Gasteiger partial charge in [0, 0.05) is 43.8 Å². The van der Waals surface area contributed by atoms with E-state index in [1.165, 1.54) is 25.1 Å². The third kappa shape index (κ3) is 3.47. The molecule has 0 spiro atoms. The van der Waals surface area contributed by atoms with Crippen LogP contribution in [-0.4, -0.2) is 42.0 Å². The summed E-state index contributed by atoms with van der Waals surface area (Å²) in [6.45, 7) is 10.2. The molecule has 0 aromatic heterocycles. The number of halogens is 1. The van der Waals surface area contributed by atoms with Crippen molar-refractivity contribution in [3.05, 3.63) is 34.9 Å². The predicted molar refractivity (Wildman–Crippen MR) is 78.1 cm³/mol. The van der Waals surface area contributed by atoms with Crippen LogP contribution in [0.3, 0.4) is 0 Å². The fourth-order valence-corrected chi connectivity index (χ4v) is 2.68. The second-order valence-corrected chi connectivity index (χ2v) is 5.57. The lowest BCUT2D eigenvalue weighted by Gasteiger charge is -2.37. The van der Waals surface area contributed by atoms with Gasteiger partial charge < -0.3 is 0 Å². The third-order valence-corrected chi connectivity index (χ3v) is 4.34. The molecule has 1 unspecified atom stereocenters. The molecule has 1 aromatic carbocycles. The quantitative estimate of drug-likeness (QED) is 0.825. The van der Waals surface area contributed by atoms with Crippen LogP contribution in [0.4, 0.5) is 0 Å². The van der Waals surface area contributed by atoms with Gasteiger partial charge in [0.1, 0.15) is 0 Å². The van der Waals surface area contributed by atoms with Gasteiger partial charge in [-0.25, -0.2) is 0 Å². The molecule has 1 aromatic rings. The van der Waals surface area contributed by atoms with Crippen LogP contribution >= 0.6 is 11.6 Å². The Labute approximate surface area is 116 Å². The van der Waals surface area contributed by atoms with E-state index < -0.39 is 0 Å². The zero-order valence-electron chi connectivity index (χ0n) is 11.4. The molecule has 0 saturated carbocycles. The Morgan fingerprint density at radius 1 is 1.17 bits per heavy atom. The van der Waals surface area contributed by atoms with E-state index in [0.717, 1.165) is 24.7 Å². The first-order chi connectivity index (χ1) is 8.70. The van der Waals surface area contributed by atoms with E-state index >= 15 is 0 Å². The SMILES string of the molecule is CCC(C)N1CCN(Cc2ccccc2Cl)CC1. The Bertz CT molecular complexity index is 373. The summed E-state index contributed by atoms with van der Waals surface area (Å²) in [6.07, 6.45) is 1.24. The van der Waals surface area contributed by atoms with Gasteiger partial charge in [0.15, 0.2) is 0 Å². The number of hydrogen-bond acceptors (Lipinski definition) is 2. The summed E-state index contributed by atoms with van der Waals surface area (Å²) in [5.74, 6) is 0. The number of hydrogen-bond donors (Lipinski definition) is 0. The molecule has 1 heterocycles. The van der Waals surface area contributed by atoms with Gasteiger partial charge in [-0.05, 0) is 25.0 Å². The molecule has 0 bridgehead atoms. The number of piperazine rings is 1. The van der Waals surface area contributed by atoms with Gasteiger partial charge in [-0.3, -0.25) is 9.80 Å². The maximum atomic E-state index is 6.21. The van der Waals surface area contributed by atoms with Gasteiger partial charge >= 0.3 is 0 Å². The van der Waals surface area contributed by atoms with Gasteiger partial charge in [0.05, 0.1) is 0 Å². The highest BCUT2D eigenvalue weighted by atomic mass is 35.5. The summed E-state index contributed by atoms with van der Waals surface area (Å²) < 4.78 is 0. The van der Waals surface area contributed by atoms with E-state index in [2.05, 4.69) is 35.8 Å². The molecular formula is C15H23ClN2. The summed E-state index contributed by atoms with van der Waals surface area (Å²) in [5.41, 5.74) is 1.25. The monoisotopic (exact) mass is 266 g/mol. The van der Waals surface area contributed by atoms with Crippen LogP contribution in [0.25, 0.3) is 0 Å². The smallest absolute Gasteiger partial charge is 0.0451 e. The average Bonchev–Trinajstić information content (AvgIpc) is 2.41. The summed E-state index contributed by atoms with van der Waals surface area (Å²) in [4.78, 5) is 5.09. The first kappa shape index (κ1) is 13.9. The van der Waals surface area contributed by atoms with Crippen molar-refractivity contribution in [3.8, 4) is 0 Å². The van der Waals surface area contributed by atoms with E-state index in [0.29, 0.717) is 6.04 Å². The minimum absolute atomic E-state index is 0.715. The maximum Gasteiger partial charge on any atom is 0.0451 e. The van der Waals surface area contributed by atoms with Crippen molar-refractivity contribution < 1.29 is 0 Å². The molecule has 0 aliphatic carbocycles. The lowest BCUT2D eigenvalue weighted by molar-refractivity contribution is 0.0964. The third-order valence-electron chi connectivity index (χ3n) is 3.97. The summed E-state index contributed by atoms with van der Waals surface area (Å²) >= 11 is 6.21. The van der Waals surface area contributed by atoms with Crippen molar-refractivity contribution in [2.45, 2.75) is 32.9 Å². The zero-order valence-corrected chi connectivity index (χ0v) is 12.2. The van der Waals surface area contributed by atoms with Crippen molar-refractivity contribution in [2.24, 2.45) is 0 Å². The van der Waals surface area contributed by atoms with E-state index in [9.17, 15) is 0 Å². The molecule has 2 nitrogen and oxygen atoms in total. The Morgan fingerprint density at radius 3 is 2.44 bits per heavy atom. The van der Waals surface area contributed by atoms with Crippen molar-refractivity contribution in [2.75, 3.05) is 26.2 Å². The molecular weight excluding hydrogens is 244 g/mol. The second kappa shape index (κ2) is 6.55. The Balaban J connectivity index is 1.86. The van der Waals surface area contributed by atoms with Crippen LogP contribution < -0.4 is 0 Å². The Morgan fingerprint density at radius 2 is 1.83 bits per heavy atom. The molecule has 2 rings (SSSR count). The molecule has 3 heteroatoms. The lowest BCUT2D eigenvalue weighted by atomic mass is 10.1. The molecule has 0 N–H and O–H groups in total. The highest BCUT2D eigenvalue weighted by Gasteiger charge is 2.20. The first-order valence-electron chi connectivity index (χ1n) is 6.90. The second-order valence-electron chi connectivity index (χ2n) is 5.16. The molecule has 100 valence electrons. The van der Waals surface area contributed by atoms with E-state index in [1.807, 2.05) is 12.1 Å². The molecule has 1 aliphatic rings. The van der Waals surface area contributed by atoms with E-state index in [1.54, 1.807) is 0 Å². The summed E-state index contributed by atoms with van der Waals surface area (Å²) in [7, 11) is 0. The van der Waals surface area contributed by atoms with Crippen LogP contribution in [0.1, 0.15) is 25.8 Å². The van der Waals surface area contributed by atoms with Crippen LogP contribution in [0.15, 0.2) is 24.3 Å². The summed E-state index contributed by atoms with van der Waals surface area (Å²) in [6, 6.07) is 8.88. The first-order valence-corrected chi connectivity index (χ1v) is 7.28. The van der Waals surface area contributed by atoms with E-state index in [4.69, 9.17) is 11.6 Å². The van der Waals surface area contributed by atoms with Gasteiger partial charge in [0.2, 0.25) is 0 Å². The topological polar surface area (TPSA) is 6.48 Å². The fraction of sp³-hybridized carbons (Fsp3) is 0.600. The van der Waals surface area contributed by atoms with Crippen LogP contribution in [0.2, 0.25) is 5.02 Å². The van der Waals surface area contributed by atoms with Gasteiger partial charge in [-0.15, -0.1) is 0 Å². The van der Waals surface area contributed by atoms with Crippen molar-refractivity contribution >= 4 is 11.6 Å². The highest BCUT2D eigenvalue weighted by molar-refractivity contribution is 6.31. The van der Waals surface area contributed by atoms with Crippen LogP contribution in [0, 0.1) is 0 Å². The highest BCUT2D eigenvalue weighted by Crippen LogP contribution is 2.18. The average molecular weight is 267 g/mol. The molecule has 1 atom stereocenters. The summed E-state index contributed by atoms with van der Waals surface area (Å²) in [5, 5.41) is 0.891. The minimum Gasteiger partial charge on any atom is -0.298 e. The fourth-order valence-electron chi connectivity index (χ4n) is 2.49. The molecule has 0 radical (unpaired) electrons. The molecule has 18 heavy (non-hydrogen) atoms. The maximum absolute atomic E-state index is 6.21. The van der Waals surface area contributed by atoms with Crippen LogP contribution in [-0.2, 0) is 6.54 Å². The molecule has 1 aliphatic heterocycles. The van der Waals surface area contributed by atoms with Crippen molar-refractivity contribution in [1.29, 1.82) is 0 Å². The molecule has 0 amide bonds. The molecule has 1 saturated heterocycles. The zero-order chi connectivity index (χ0) is 13.0.